The number of nitrogens with one attached hydrogen (secondary N) is 1. The first kappa shape index (κ1) is 14.8. The minimum atomic E-state index is -0.900. The van der Waals surface area contributed by atoms with Crippen molar-refractivity contribution in [1.82, 2.24) is 5.32 Å². The largest absolute Gasteiger partial charge is 0.481 e. The van der Waals surface area contributed by atoms with Gasteiger partial charge in [-0.25, -0.2) is 0 Å². The highest BCUT2D eigenvalue weighted by Crippen LogP contribution is 2.34. The first-order valence-electron chi connectivity index (χ1n) is 6.79. The molecule has 1 atom stereocenters. The van der Waals surface area contributed by atoms with E-state index in [0.717, 1.165) is 18.4 Å². The second-order valence-corrected chi connectivity index (χ2v) is 5.12. The van der Waals surface area contributed by atoms with E-state index < -0.39 is 5.97 Å². The normalized spacial score (nSPS) is 15.4. The molecule has 0 aliphatic heterocycles. The molecule has 1 fully saturated rings. The van der Waals surface area contributed by atoms with Crippen LogP contribution in [0.2, 0.25) is 0 Å². The molecule has 2 N–H and O–H groups in total. The van der Waals surface area contributed by atoms with Gasteiger partial charge in [-0.15, -0.1) is 0 Å². The van der Waals surface area contributed by atoms with Gasteiger partial charge >= 0.3 is 5.97 Å². The molecular formula is C16H16N2O3. The van der Waals surface area contributed by atoms with Crippen LogP contribution in [-0.2, 0) is 9.59 Å². The average Bonchev–Trinajstić information content (AvgIpc) is 3.29. The summed E-state index contributed by atoms with van der Waals surface area (Å²) >= 11 is 0. The van der Waals surface area contributed by atoms with Crippen LogP contribution >= 0.6 is 0 Å². The Morgan fingerprint density at radius 1 is 1.38 bits per heavy atom. The van der Waals surface area contributed by atoms with Gasteiger partial charge in [-0.1, -0.05) is 12.1 Å². The summed E-state index contributed by atoms with van der Waals surface area (Å²) in [5, 5.41) is 20.3. The maximum absolute atomic E-state index is 11.8. The summed E-state index contributed by atoms with van der Waals surface area (Å²) in [4.78, 5) is 22.6. The van der Waals surface area contributed by atoms with Crippen molar-refractivity contribution in [3.05, 3.63) is 41.5 Å². The van der Waals surface area contributed by atoms with E-state index in [2.05, 4.69) is 5.32 Å². The fourth-order valence-electron chi connectivity index (χ4n) is 2.09. The van der Waals surface area contributed by atoms with Crippen LogP contribution in [0, 0.1) is 17.2 Å². The highest BCUT2D eigenvalue weighted by atomic mass is 16.4. The predicted molar refractivity (Wildman–Crippen MR) is 77.1 cm³/mol. The second kappa shape index (κ2) is 6.71. The van der Waals surface area contributed by atoms with Gasteiger partial charge in [0, 0.05) is 12.1 Å². The molecule has 0 radical (unpaired) electrons. The van der Waals surface area contributed by atoms with Crippen molar-refractivity contribution < 1.29 is 14.7 Å². The molecule has 0 saturated heterocycles. The first-order chi connectivity index (χ1) is 10.1. The number of carbonyl (C=O) groups is 2. The lowest BCUT2D eigenvalue weighted by Crippen LogP contribution is -2.37. The van der Waals surface area contributed by atoms with Crippen molar-refractivity contribution in [3.8, 4) is 6.07 Å². The molecule has 1 aromatic rings. The second-order valence-electron chi connectivity index (χ2n) is 5.12. The van der Waals surface area contributed by atoms with Gasteiger partial charge in [0.1, 0.15) is 0 Å². The van der Waals surface area contributed by atoms with Gasteiger partial charge in [0.2, 0.25) is 5.91 Å². The number of rotatable bonds is 6. The monoisotopic (exact) mass is 284 g/mol. The van der Waals surface area contributed by atoms with Crippen molar-refractivity contribution in [2.75, 3.05) is 0 Å². The lowest BCUT2D eigenvalue weighted by molar-refractivity contribution is -0.137. The third-order valence-electron chi connectivity index (χ3n) is 3.38. The van der Waals surface area contributed by atoms with Crippen LogP contribution in [0.4, 0.5) is 0 Å². The zero-order chi connectivity index (χ0) is 15.2. The van der Waals surface area contributed by atoms with E-state index in [1.165, 1.54) is 6.08 Å². The Labute approximate surface area is 122 Å². The van der Waals surface area contributed by atoms with E-state index in [1.807, 2.05) is 6.07 Å². The Morgan fingerprint density at radius 2 is 2.05 bits per heavy atom. The molecule has 5 nitrogen and oxygen atoms in total. The zero-order valence-corrected chi connectivity index (χ0v) is 11.5. The highest BCUT2D eigenvalue weighted by molar-refractivity contribution is 5.92. The van der Waals surface area contributed by atoms with Crippen molar-refractivity contribution in [3.63, 3.8) is 0 Å². The summed E-state index contributed by atoms with van der Waals surface area (Å²) in [5.41, 5.74) is 1.37. The molecule has 1 aliphatic carbocycles. The van der Waals surface area contributed by atoms with E-state index >= 15 is 0 Å². The molecule has 1 saturated carbocycles. The van der Waals surface area contributed by atoms with Gasteiger partial charge in [-0.05, 0) is 42.5 Å². The van der Waals surface area contributed by atoms with Gasteiger partial charge in [-0.3, -0.25) is 9.59 Å². The third kappa shape index (κ3) is 4.77. The quantitative estimate of drug-likeness (QED) is 0.781. The third-order valence-corrected chi connectivity index (χ3v) is 3.38. The molecule has 1 unspecified atom stereocenters. The van der Waals surface area contributed by atoms with Crippen LogP contribution in [0.25, 0.3) is 6.08 Å². The summed E-state index contributed by atoms with van der Waals surface area (Å²) in [6, 6.07) is 8.58. The molecular weight excluding hydrogens is 268 g/mol. The van der Waals surface area contributed by atoms with Gasteiger partial charge in [0.05, 0.1) is 18.1 Å². The summed E-state index contributed by atoms with van der Waals surface area (Å²) in [7, 11) is 0. The minimum Gasteiger partial charge on any atom is -0.481 e. The molecule has 1 aliphatic rings. The molecule has 5 heteroatoms. The highest BCUT2D eigenvalue weighted by Gasteiger charge is 2.33. The summed E-state index contributed by atoms with van der Waals surface area (Å²) in [6.45, 7) is 0. The molecule has 2 rings (SSSR count). The fraction of sp³-hybridized carbons (Fsp3) is 0.312. The van der Waals surface area contributed by atoms with Gasteiger partial charge < -0.3 is 10.4 Å². The zero-order valence-electron chi connectivity index (χ0n) is 11.5. The molecule has 1 amide bonds. The molecule has 1 aromatic carbocycles. The number of carbonyl (C=O) groups excluding carboxylic acids is 1. The van der Waals surface area contributed by atoms with E-state index in [1.54, 1.807) is 30.3 Å². The maximum Gasteiger partial charge on any atom is 0.305 e. The van der Waals surface area contributed by atoms with Crippen LogP contribution in [0.1, 0.15) is 30.4 Å². The average molecular weight is 284 g/mol. The number of nitriles is 1. The number of hydrogen-bond donors (Lipinski definition) is 2. The van der Waals surface area contributed by atoms with Gasteiger partial charge in [0.25, 0.3) is 0 Å². The minimum absolute atomic E-state index is 0.0406. The van der Waals surface area contributed by atoms with Crippen LogP contribution < -0.4 is 5.32 Å². The topological polar surface area (TPSA) is 90.2 Å². The number of carboxylic acids is 1. The first-order valence-corrected chi connectivity index (χ1v) is 6.79. The Hall–Kier alpha value is -2.61. The summed E-state index contributed by atoms with van der Waals surface area (Å²) in [6.07, 6.45) is 4.93. The van der Waals surface area contributed by atoms with Crippen molar-refractivity contribution >= 4 is 18.0 Å². The molecule has 108 valence electrons. The van der Waals surface area contributed by atoms with Crippen LogP contribution in [0.15, 0.2) is 30.3 Å². The smallest absolute Gasteiger partial charge is 0.305 e. The standard InChI is InChI=1S/C16H16N2O3/c17-10-12-3-1-11(2-4-12)5-8-15(19)18-14(9-16(20)21)13-6-7-13/h1-5,8,13-14H,6-7,9H2,(H,18,19)(H,20,21)/b8-5+. The van der Waals surface area contributed by atoms with E-state index in [9.17, 15) is 9.59 Å². The van der Waals surface area contributed by atoms with Crippen molar-refractivity contribution in [2.45, 2.75) is 25.3 Å². The lowest BCUT2D eigenvalue weighted by atomic mass is 10.1. The molecule has 0 spiro atoms. The number of amides is 1. The Kier molecular flexibility index (Phi) is 4.72. The van der Waals surface area contributed by atoms with Crippen LogP contribution in [0.5, 0.6) is 0 Å². The summed E-state index contributed by atoms with van der Waals surface area (Å²) < 4.78 is 0. The molecule has 21 heavy (non-hydrogen) atoms. The van der Waals surface area contributed by atoms with E-state index in [4.69, 9.17) is 10.4 Å². The molecule has 0 aromatic heterocycles. The number of nitrogens with zero attached hydrogens (tertiary/aromatic N) is 1. The number of hydrogen-bond acceptors (Lipinski definition) is 3. The van der Waals surface area contributed by atoms with Gasteiger partial charge in [-0.2, -0.15) is 5.26 Å². The van der Waals surface area contributed by atoms with Crippen LogP contribution in [-0.4, -0.2) is 23.0 Å². The number of aliphatic carboxylic acids is 1. The summed E-state index contributed by atoms with van der Waals surface area (Å²) in [5.74, 6) is -0.908. The molecule has 0 bridgehead atoms. The Bertz CT molecular complexity index is 595. The van der Waals surface area contributed by atoms with Crippen molar-refractivity contribution in [2.24, 2.45) is 5.92 Å². The van der Waals surface area contributed by atoms with E-state index in [-0.39, 0.29) is 24.3 Å². The van der Waals surface area contributed by atoms with Crippen LogP contribution in [0.3, 0.4) is 0 Å². The fourth-order valence-corrected chi connectivity index (χ4v) is 2.09. The van der Waals surface area contributed by atoms with Gasteiger partial charge in [0.15, 0.2) is 0 Å². The maximum atomic E-state index is 11.8. The predicted octanol–water partition coefficient (Wildman–Crippen LogP) is 1.94. The Balaban J connectivity index is 1.91. The van der Waals surface area contributed by atoms with E-state index in [0.29, 0.717) is 5.56 Å². The Morgan fingerprint density at radius 3 is 2.57 bits per heavy atom. The lowest BCUT2D eigenvalue weighted by Gasteiger charge is -2.14. The van der Waals surface area contributed by atoms with Crippen molar-refractivity contribution in [1.29, 1.82) is 5.26 Å². The number of carboxylic acid groups (broad SMARTS) is 1. The number of benzene rings is 1. The molecule has 0 heterocycles. The SMILES string of the molecule is N#Cc1ccc(/C=C/C(=O)NC(CC(=O)O)C2CC2)cc1.